The van der Waals surface area contributed by atoms with Crippen molar-refractivity contribution in [1.82, 2.24) is 14.5 Å². The largest absolute Gasteiger partial charge is 0.756 e. The number of nitrogens with one attached hydrogen (secondary N) is 1. The molecule has 26 heteroatoms. The number of thioether (sulfide) groups is 1. The first-order chi connectivity index (χ1) is 23.4. The highest BCUT2D eigenvalue weighted by Crippen LogP contribution is 2.57. The molecule has 0 saturated carbocycles. The van der Waals surface area contributed by atoms with Gasteiger partial charge in [-0.2, -0.15) is 0 Å². The zero-order valence-electron chi connectivity index (χ0n) is 25.9. The second kappa shape index (κ2) is 17.3. The summed E-state index contributed by atoms with van der Waals surface area (Å²) in [7, 11) is -10.4. The average Bonchev–Trinajstić information content (AvgIpc) is 3.47. The minimum atomic E-state index is -6.03. The molecule has 50 heavy (non-hydrogen) atoms. The molecular weight excluding hydrogens is 744 g/mol. The molecular formula is C24H35N3O20P2S-2. The fraction of sp³-hybridized carbons (Fsp3) is 0.750. The maximum atomic E-state index is 12.7. The Kier molecular flexibility index (Phi) is 14.1. The van der Waals surface area contributed by atoms with E-state index in [9.17, 15) is 63.6 Å². The first-order valence-electron chi connectivity index (χ1n) is 14.7. The molecule has 0 spiro atoms. The number of phosphoric ester groups is 2. The molecule has 3 fully saturated rings. The number of imide groups is 1. The molecule has 6 unspecified atom stereocenters. The van der Waals surface area contributed by atoms with E-state index < -0.39 is 106 Å². The normalized spacial score (nSPS) is 34.2. The molecule has 2 amide bonds. The van der Waals surface area contributed by atoms with Crippen LogP contribution in [0, 0.1) is 0 Å². The fourth-order valence-electron chi connectivity index (χ4n) is 4.95. The van der Waals surface area contributed by atoms with Gasteiger partial charge >= 0.3 is 5.69 Å². The first kappa shape index (κ1) is 40.8. The monoisotopic (exact) mass is 779 g/mol. The number of aliphatic hydroxyl groups is 5. The van der Waals surface area contributed by atoms with E-state index in [0.29, 0.717) is 11.2 Å². The van der Waals surface area contributed by atoms with Gasteiger partial charge in [0, 0.05) is 31.5 Å². The molecule has 6 N–H and O–H groups in total. The molecule has 3 aliphatic heterocycles. The van der Waals surface area contributed by atoms with Crippen molar-refractivity contribution in [3.63, 3.8) is 0 Å². The first-order valence-corrected chi connectivity index (χ1v) is 18.6. The van der Waals surface area contributed by atoms with Gasteiger partial charge in [0.15, 0.2) is 12.5 Å². The Morgan fingerprint density at radius 1 is 0.940 bits per heavy atom. The number of hydrogen-bond donors (Lipinski definition) is 6. The third-order valence-electron chi connectivity index (χ3n) is 7.52. The molecule has 4 rings (SSSR count). The topological polar surface area (TPSA) is 338 Å². The number of aliphatic hydroxyl groups excluding tert-OH is 5. The predicted octanol–water partition coefficient (Wildman–Crippen LogP) is -5.53. The highest BCUT2D eigenvalue weighted by molar-refractivity contribution is 8.00. The quantitative estimate of drug-likeness (QED) is 0.0488. The molecule has 0 aromatic carbocycles. The Morgan fingerprint density at radius 3 is 2.32 bits per heavy atom. The maximum Gasteiger partial charge on any atom is 0.330 e. The van der Waals surface area contributed by atoms with Crippen molar-refractivity contribution in [2.75, 3.05) is 45.8 Å². The number of hydrogen-bond acceptors (Lipinski definition) is 21. The van der Waals surface area contributed by atoms with Gasteiger partial charge in [0.05, 0.1) is 44.3 Å². The predicted molar refractivity (Wildman–Crippen MR) is 158 cm³/mol. The van der Waals surface area contributed by atoms with Crippen LogP contribution in [-0.4, -0.2) is 152 Å². The molecule has 1 aromatic heterocycles. The average molecular weight is 780 g/mol. The van der Waals surface area contributed by atoms with Crippen LogP contribution in [0.5, 0.6) is 0 Å². The van der Waals surface area contributed by atoms with Gasteiger partial charge in [0.1, 0.15) is 36.6 Å². The number of amides is 2. The Balaban J connectivity index is 1.30. The number of aromatic nitrogens is 2. The zero-order chi connectivity index (χ0) is 37.0. The maximum absolute atomic E-state index is 12.7. The molecule has 23 nitrogen and oxygen atoms in total. The summed E-state index contributed by atoms with van der Waals surface area (Å²) in [5.41, 5.74) is -1.81. The summed E-state index contributed by atoms with van der Waals surface area (Å²) in [6.45, 7) is -0.558. The number of rotatable bonds is 17. The molecule has 12 atom stereocenters. The number of phosphoric acid groups is 2. The second-order valence-electron chi connectivity index (χ2n) is 11.0. The van der Waals surface area contributed by atoms with Gasteiger partial charge < -0.3 is 58.8 Å². The van der Waals surface area contributed by atoms with Crippen LogP contribution in [0.2, 0.25) is 0 Å². The standard InChI is InChI=1S/C24H37N3O20P2S/c1-41-6-7-42-5-4-26-15(29)8-13(21(26)35)50-10-12-17(31)18(32)20(34)23(45-12)46-49(39,40)47-48(37,38)43-9-11-16(30)19(33)22(44-11)27-3-2-14(28)25-24(27)36/h2-3,11-13,16-20,22-23,30-34H,4-10H2,1H3,(H,37,38)(H,39,40)(H,25,28,36)/p-2/t11-,12?,13?,16+,17+,18+,19?,20?,22-,23+/m1/s1. The minimum Gasteiger partial charge on any atom is -0.756 e. The summed E-state index contributed by atoms with van der Waals surface area (Å²) < 4.78 is 59.1. The van der Waals surface area contributed by atoms with Crippen molar-refractivity contribution in [3.8, 4) is 0 Å². The van der Waals surface area contributed by atoms with Crippen LogP contribution in [0.1, 0.15) is 12.6 Å². The summed E-state index contributed by atoms with van der Waals surface area (Å²) in [5, 5.41) is 50.5. The lowest BCUT2D eigenvalue weighted by molar-refractivity contribution is -0.298. The van der Waals surface area contributed by atoms with Crippen LogP contribution in [0.4, 0.5) is 0 Å². The van der Waals surface area contributed by atoms with Crippen molar-refractivity contribution in [1.29, 1.82) is 0 Å². The Morgan fingerprint density at radius 2 is 1.64 bits per heavy atom. The van der Waals surface area contributed by atoms with Crippen molar-refractivity contribution >= 4 is 39.2 Å². The van der Waals surface area contributed by atoms with Gasteiger partial charge in [-0.1, -0.05) is 0 Å². The fourth-order valence-corrected chi connectivity index (χ4v) is 8.26. The smallest absolute Gasteiger partial charge is 0.330 e. The number of H-pyrrole nitrogens is 1. The molecule has 1 aromatic rings. The van der Waals surface area contributed by atoms with E-state index >= 15 is 0 Å². The van der Waals surface area contributed by atoms with E-state index in [-0.39, 0.29) is 31.9 Å². The van der Waals surface area contributed by atoms with Crippen molar-refractivity contribution in [2.45, 2.75) is 66.9 Å². The van der Waals surface area contributed by atoms with E-state index in [1.54, 1.807) is 0 Å². The Hall–Kier alpha value is -1.93. The molecule has 3 aliphatic rings. The van der Waals surface area contributed by atoms with Crippen molar-refractivity contribution in [2.24, 2.45) is 0 Å². The lowest BCUT2D eigenvalue weighted by Crippen LogP contribution is -2.59. The number of aromatic amines is 1. The van der Waals surface area contributed by atoms with Crippen LogP contribution in [0.25, 0.3) is 0 Å². The number of methoxy groups -OCH3 is 1. The SMILES string of the molecule is COCCOCCN1C(=O)CC(SCC2O[C@@H](OP(=O)([O-])OP(=O)([O-])OC[C@H]3O[C@@H](n4ccc(=O)[nH]c4=O)C(O)[C@H]3O)C(O)[C@@H](O)[C@H]2O)C1=O. The summed E-state index contributed by atoms with van der Waals surface area (Å²) in [5.74, 6) is -1.39. The number of likely N-dealkylation sites (tertiary alicyclic amines) is 1. The number of ether oxygens (including phenoxy) is 4. The molecule has 4 heterocycles. The van der Waals surface area contributed by atoms with Crippen LogP contribution in [-0.2, 0) is 51.0 Å². The summed E-state index contributed by atoms with van der Waals surface area (Å²) in [4.78, 5) is 76.1. The van der Waals surface area contributed by atoms with E-state index in [2.05, 4.69) is 13.4 Å². The molecule has 3 saturated heterocycles. The third kappa shape index (κ3) is 10.1. The molecule has 0 aliphatic carbocycles. The summed E-state index contributed by atoms with van der Waals surface area (Å²) in [6, 6.07) is 0.906. The van der Waals surface area contributed by atoms with Gasteiger partial charge in [0.2, 0.25) is 11.8 Å². The molecule has 0 bridgehead atoms. The zero-order valence-corrected chi connectivity index (χ0v) is 28.5. The van der Waals surface area contributed by atoms with Crippen molar-refractivity contribution in [3.05, 3.63) is 33.1 Å². The summed E-state index contributed by atoms with van der Waals surface area (Å²) >= 11 is 0.826. The number of nitrogens with zero attached hydrogens (tertiary/aromatic N) is 2. The minimum absolute atomic E-state index is 0.0251. The van der Waals surface area contributed by atoms with Gasteiger partial charge in [0.25, 0.3) is 21.2 Å². The van der Waals surface area contributed by atoms with E-state index in [4.69, 9.17) is 18.9 Å². The Bertz CT molecular complexity index is 1560. The number of carbonyl (C=O) groups is 2. The van der Waals surface area contributed by atoms with Crippen LogP contribution >= 0.6 is 27.4 Å². The van der Waals surface area contributed by atoms with Gasteiger partial charge in [-0.15, -0.1) is 11.8 Å². The van der Waals surface area contributed by atoms with Gasteiger partial charge in [-0.25, -0.2) is 9.11 Å². The van der Waals surface area contributed by atoms with E-state index in [1.165, 1.54) is 7.11 Å². The summed E-state index contributed by atoms with van der Waals surface area (Å²) in [6.07, 6.45) is -16.3. The van der Waals surface area contributed by atoms with Crippen molar-refractivity contribution < 1.29 is 86.3 Å². The number of carbonyl (C=O) groups excluding carboxylic acids is 2. The van der Waals surface area contributed by atoms with Gasteiger partial charge in [-0.05, 0) is 0 Å². The highest BCUT2D eigenvalue weighted by Gasteiger charge is 2.48. The van der Waals surface area contributed by atoms with Gasteiger partial charge in [-0.3, -0.25) is 42.5 Å². The lowest BCUT2D eigenvalue weighted by Gasteiger charge is -2.42. The van der Waals surface area contributed by atoms with E-state index in [0.717, 1.165) is 28.9 Å². The van der Waals surface area contributed by atoms with Crippen LogP contribution < -0.4 is 21.0 Å². The molecule has 0 radical (unpaired) electrons. The highest BCUT2D eigenvalue weighted by atomic mass is 32.2. The lowest BCUT2D eigenvalue weighted by atomic mass is 10.0. The van der Waals surface area contributed by atoms with Crippen LogP contribution in [0.15, 0.2) is 21.9 Å². The third-order valence-corrected chi connectivity index (χ3v) is 11.3. The molecule has 284 valence electrons. The Labute approximate surface area is 285 Å². The van der Waals surface area contributed by atoms with E-state index in [1.807, 2.05) is 4.98 Å². The van der Waals surface area contributed by atoms with Crippen LogP contribution in [0.3, 0.4) is 0 Å². The second-order valence-corrected chi connectivity index (χ2v) is 15.1.